The molecule has 100 valence electrons. The fourth-order valence-corrected chi connectivity index (χ4v) is 1.46. The zero-order valence-electron chi connectivity index (χ0n) is 11.3. The molecule has 1 amide bonds. The van der Waals surface area contributed by atoms with E-state index in [0.29, 0.717) is 18.9 Å². The highest BCUT2D eigenvalue weighted by molar-refractivity contribution is 5.78. The van der Waals surface area contributed by atoms with Gasteiger partial charge >= 0.3 is 0 Å². The Bertz CT molecular complexity index is 374. The van der Waals surface area contributed by atoms with Gasteiger partial charge in [0.25, 0.3) is 0 Å². The van der Waals surface area contributed by atoms with Crippen LogP contribution in [0, 0.1) is 5.92 Å². The Morgan fingerprint density at radius 3 is 2.44 bits per heavy atom. The van der Waals surface area contributed by atoms with Crippen LogP contribution in [0.15, 0.2) is 24.3 Å². The Kier molecular flexibility index (Phi) is 5.65. The minimum absolute atomic E-state index is 0.00346. The van der Waals surface area contributed by atoms with Gasteiger partial charge in [0, 0.05) is 12.6 Å². The van der Waals surface area contributed by atoms with Crippen molar-refractivity contribution in [2.24, 2.45) is 11.7 Å². The zero-order chi connectivity index (χ0) is 13.5. The van der Waals surface area contributed by atoms with Crippen molar-refractivity contribution >= 4 is 5.91 Å². The second-order valence-corrected chi connectivity index (χ2v) is 4.74. The molecule has 1 atom stereocenters. The van der Waals surface area contributed by atoms with Crippen LogP contribution in [0.25, 0.3) is 0 Å². The number of nitrogens with two attached hydrogens (primary N) is 1. The molecule has 0 aliphatic heterocycles. The van der Waals surface area contributed by atoms with Gasteiger partial charge in [-0.25, -0.2) is 0 Å². The molecule has 1 aromatic carbocycles. The molecule has 0 aliphatic rings. The molecule has 18 heavy (non-hydrogen) atoms. The van der Waals surface area contributed by atoms with Crippen molar-refractivity contribution in [3.63, 3.8) is 0 Å². The Morgan fingerprint density at radius 1 is 1.33 bits per heavy atom. The molecule has 3 N–H and O–H groups in total. The maximum atomic E-state index is 11.7. The predicted molar refractivity (Wildman–Crippen MR) is 72.5 cm³/mol. The summed E-state index contributed by atoms with van der Waals surface area (Å²) in [6.45, 7) is 4.60. The Hall–Kier alpha value is -1.55. The zero-order valence-corrected chi connectivity index (χ0v) is 11.3. The number of nitrogens with one attached hydrogen (secondary N) is 1. The number of hydrogen-bond acceptors (Lipinski definition) is 3. The van der Waals surface area contributed by atoms with Gasteiger partial charge in [-0.15, -0.1) is 0 Å². The van der Waals surface area contributed by atoms with E-state index in [2.05, 4.69) is 5.32 Å². The Morgan fingerprint density at radius 2 is 1.94 bits per heavy atom. The highest BCUT2D eigenvalue weighted by Gasteiger charge is 2.09. The average molecular weight is 250 g/mol. The third kappa shape index (κ3) is 4.75. The summed E-state index contributed by atoms with van der Waals surface area (Å²) in [6.07, 6.45) is 0.370. The van der Waals surface area contributed by atoms with Crippen molar-refractivity contribution in [3.8, 4) is 5.75 Å². The van der Waals surface area contributed by atoms with Crippen molar-refractivity contribution in [2.45, 2.75) is 26.3 Å². The third-order valence-electron chi connectivity index (χ3n) is 2.91. The number of rotatable bonds is 6. The van der Waals surface area contributed by atoms with Gasteiger partial charge in [0.15, 0.2) is 0 Å². The van der Waals surface area contributed by atoms with Crippen molar-refractivity contribution in [1.29, 1.82) is 0 Å². The second kappa shape index (κ2) is 7.01. The van der Waals surface area contributed by atoms with Crippen LogP contribution in [0.4, 0.5) is 0 Å². The molecule has 1 unspecified atom stereocenters. The van der Waals surface area contributed by atoms with Gasteiger partial charge in [0.05, 0.1) is 13.5 Å². The summed E-state index contributed by atoms with van der Waals surface area (Å²) in [4.78, 5) is 11.7. The van der Waals surface area contributed by atoms with E-state index in [1.807, 2.05) is 38.1 Å². The Labute approximate surface area is 109 Å². The fraction of sp³-hybridized carbons (Fsp3) is 0.500. The number of benzene rings is 1. The molecule has 0 saturated carbocycles. The second-order valence-electron chi connectivity index (χ2n) is 4.74. The molecule has 0 spiro atoms. The van der Waals surface area contributed by atoms with Crippen LogP contribution >= 0.6 is 0 Å². The first kappa shape index (κ1) is 14.5. The summed E-state index contributed by atoms with van der Waals surface area (Å²) in [5, 5.41) is 2.85. The average Bonchev–Trinajstić information content (AvgIpc) is 2.36. The maximum Gasteiger partial charge on any atom is 0.224 e. The topological polar surface area (TPSA) is 64.3 Å². The number of carbonyl (C=O) groups is 1. The SMILES string of the molecule is COc1ccc(CC(=O)NCC(N)C(C)C)cc1. The predicted octanol–water partition coefficient (Wildman–Crippen LogP) is 1.34. The number of hydrogen-bond donors (Lipinski definition) is 2. The molecule has 0 fully saturated rings. The largest absolute Gasteiger partial charge is 0.497 e. The lowest BCUT2D eigenvalue weighted by Gasteiger charge is -2.16. The number of ether oxygens (including phenoxy) is 1. The number of carbonyl (C=O) groups excluding carboxylic acids is 1. The molecule has 4 nitrogen and oxygen atoms in total. The van der Waals surface area contributed by atoms with Gasteiger partial charge in [0.1, 0.15) is 5.75 Å². The summed E-state index contributed by atoms with van der Waals surface area (Å²) in [5.41, 5.74) is 6.83. The monoisotopic (exact) mass is 250 g/mol. The van der Waals surface area contributed by atoms with E-state index in [9.17, 15) is 4.79 Å². The highest BCUT2D eigenvalue weighted by atomic mass is 16.5. The lowest BCUT2D eigenvalue weighted by molar-refractivity contribution is -0.120. The van der Waals surface area contributed by atoms with Crippen molar-refractivity contribution < 1.29 is 9.53 Å². The van der Waals surface area contributed by atoms with Gasteiger partial charge in [0.2, 0.25) is 5.91 Å². The van der Waals surface area contributed by atoms with Gasteiger partial charge in [-0.1, -0.05) is 26.0 Å². The summed E-state index contributed by atoms with van der Waals surface area (Å²) in [5.74, 6) is 1.16. The number of methoxy groups -OCH3 is 1. The smallest absolute Gasteiger partial charge is 0.224 e. The van der Waals surface area contributed by atoms with E-state index in [1.54, 1.807) is 7.11 Å². The van der Waals surface area contributed by atoms with E-state index in [1.165, 1.54) is 0 Å². The molecule has 0 aliphatic carbocycles. The first-order valence-electron chi connectivity index (χ1n) is 6.18. The van der Waals surface area contributed by atoms with Crippen LogP contribution in [0.1, 0.15) is 19.4 Å². The van der Waals surface area contributed by atoms with E-state index >= 15 is 0 Å². The van der Waals surface area contributed by atoms with Crippen LogP contribution in [-0.4, -0.2) is 25.6 Å². The summed E-state index contributed by atoms with van der Waals surface area (Å²) in [7, 11) is 1.62. The van der Waals surface area contributed by atoms with Gasteiger partial charge in [-0.05, 0) is 23.6 Å². The van der Waals surface area contributed by atoms with Gasteiger partial charge in [-0.2, -0.15) is 0 Å². The lowest BCUT2D eigenvalue weighted by Crippen LogP contribution is -2.40. The molecule has 4 heteroatoms. The highest BCUT2D eigenvalue weighted by Crippen LogP contribution is 2.11. The van der Waals surface area contributed by atoms with Crippen molar-refractivity contribution in [2.75, 3.05) is 13.7 Å². The normalized spacial score (nSPS) is 12.3. The molecule has 1 aromatic rings. The maximum absolute atomic E-state index is 11.7. The molecule has 0 saturated heterocycles. The molecule has 0 heterocycles. The lowest BCUT2D eigenvalue weighted by atomic mass is 10.1. The van der Waals surface area contributed by atoms with Crippen LogP contribution in [0.3, 0.4) is 0 Å². The minimum Gasteiger partial charge on any atom is -0.497 e. The summed E-state index contributed by atoms with van der Waals surface area (Å²) >= 11 is 0. The first-order valence-corrected chi connectivity index (χ1v) is 6.18. The molecule has 0 aromatic heterocycles. The Balaban J connectivity index is 2.39. The van der Waals surface area contributed by atoms with Gasteiger partial charge in [-0.3, -0.25) is 4.79 Å². The van der Waals surface area contributed by atoms with Crippen LogP contribution in [-0.2, 0) is 11.2 Å². The van der Waals surface area contributed by atoms with E-state index in [-0.39, 0.29) is 11.9 Å². The van der Waals surface area contributed by atoms with Crippen molar-refractivity contribution in [3.05, 3.63) is 29.8 Å². The standard InChI is InChI=1S/C14H22N2O2/c1-10(2)13(15)9-16-14(17)8-11-4-6-12(18-3)7-5-11/h4-7,10,13H,8-9,15H2,1-3H3,(H,16,17). The van der Waals surface area contributed by atoms with E-state index in [4.69, 9.17) is 10.5 Å². The third-order valence-corrected chi connectivity index (χ3v) is 2.91. The van der Waals surface area contributed by atoms with Crippen LogP contribution < -0.4 is 15.8 Å². The first-order chi connectivity index (χ1) is 8.52. The summed E-state index contributed by atoms with van der Waals surface area (Å²) < 4.78 is 5.06. The molecule has 1 rings (SSSR count). The van der Waals surface area contributed by atoms with Crippen LogP contribution in [0.2, 0.25) is 0 Å². The minimum atomic E-state index is -0.00346. The summed E-state index contributed by atoms with van der Waals surface area (Å²) in [6, 6.07) is 7.48. The fourth-order valence-electron chi connectivity index (χ4n) is 1.46. The van der Waals surface area contributed by atoms with E-state index < -0.39 is 0 Å². The molecular weight excluding hydrogens is 228 g/mol. The van der Waals surface area contributed by atoms with Crippen LogP contribution in [0.5, 0.6) is 5.75 Å². The molecule has 0 radical (unpaired) electrons. The molecule has 0 bridgehead atoms. The van der Waals surface area contributed by atoms with Gasteiger partial charge < -0.3 is 15.8 Å². The van der Waals surface area contributed by atoms with Crippen molar-refractivity contribution in [1.82, 2.24) is 5.32 Å². The van der Waals surface area contributed by atoms with E-state index in [0.717, 1.165) is 11.3 Å². The molecular formula is C14H22N2O2. The quantitative estimate of drug-likeness (QED) is 0.800. The number of amides is 1.